The van der Waals surface area contributed by atoms with E-state index in [0.29, 0.717) is 5.69 Å². The molecule has 0 radical (unpaired) electrons. The Hall–Kier alpha value is -0.150. The molecule has 0 unspecified atom stereocenters. The van der Waals surface area contributed by atoms with Crippen LogP contribution in [0.15, 0.2) is 6.07 Å². The van der Waals surface area contributed by atoms with Crippen LogP contribution in [-0.2, 0) is 0 Å². The highest BCUT2D eigenvalue weighted by Gasteiger charge is 1.93. The van der Waals surface area contributed by atoms with Gasteiger partial charge in [0.2, 0.25) is 0 Å². The molecule has 0 aliphatic heterocycles. The minimum absolute atomic E-state index is 0.513. The van der Waals surface area contributed by atoms with E-state index in [-0.39, 0.29) is 0 Å². The molecular weight excluding hydrogens is 235 g/mol. The molecule has 0 aliphatic rings. The van der Waals surface area contributed by atoms with Crippen LogP contribution < -0.4 is 0 Å². The first-order valence-electron chi connectivity index (χ1n) is 1.85. The molecule has 0 bridgehead atoms. The molecule has 1 rings (SSSR count). The summed E-state index contributed by atoms with van der Waals surface area (Å²) in [5.41, 5.74) is 0.513. The van der Waals surface area contributed by atoms with Crippen molar-refractivity contribution in [2.75, 3.05) is 0 Å². The van der Waals surface area contributed by atoms with Crippen LogP contribution in [-0.4, -0.2) is 4.37 Å². The Bertz CT molecular complexity index is 224. The Morgan fingerprint density at radius 1 is 1.88 bits per heavy atom. The highest BCUT2D eigenvalue weighted by atomic mass is 127. The zero-order valence-electron chi connectivity index (χ0n) is 3.76. The molecule has 0 aromatic carbocycles. The first-order valence-corrected chi connectivity index (χ1v) is 3.70. The second kappa shape index (κ2) is 2.42. The molecule has 0 aliphatic carbocycles. The van der Waals surface area contributed by atoms with Crippen molar-refractivity contribution in [1.29, 1.82) is 5.26 Å². The van der Waals surface area contributed by atoms with E-state index in [1.54, 1.807) is 6.07 Å². The van der Waals surface area contributed by atoms with Crippen LogP contribution in [0.1, 0.15) is 5.69 Å². The van der Waals surface area contributed by atoms with Crippen molar-refractivity contribution in [3.63, 3.8) is 0 Å². The van der Waals surface area contributed by atoms with Crippen LogP contribution in [0.4, 0.5) is 0 Å². The Labute approximate surface area is 64.5 Å². The van der Waals surface area contributed by atoms with Gasteiger partial charge in [-0.25, -0.2) is 0 Å². The van der Waals surface area contributed by atoms with Gasteiger partial charge in [0, 0.05) is 6.07 Å². The summed E-state index contributed by atoms with van der Waals surface area (Å²) < 4.78 is 4.86. The van der Waals surface area contributed by atoms with Crippen LogP contribution in [0.3, 0.4) is 0 Å². The monoisotopic (exact) mass is 236 g/mol. The molecular formula is C4HIN2S. The highest BCUT2D eigenvalue weighted by Crippen LogP contribution is 2.10. The summed E-state index contributed by atoms with van der Waals surface area (Å²) in [6.07, 6.45) is 0. The molecule has 8 heavy (non-hydrogen) atoms. The SMILES string of the molecule is N#Cc1cc(I)sn1. The lowest BCUT2D eigenvalue weighted by atomic mass is 10.5. The lowest BCUT2D eigenvalue weighted by Crippen LogP contribution is -1.63. The molecule has 4 heteroatoms. The molecule has 0 fully saturated rings. The number of rotatable bonds is 0. The maximum atomic E-state index is 8.24. The number of nitrogens with zero attached hydrogens (tertiary/aromatic N) is 2. The summed E-state index contributed by atoms with van der Waals surface area (Å²) in [6, 6.07) is 3.70. The summed E-state index contributed by atoms with van der Waals surface area (Å²) in [4.78, 5) is 0. The van der Waals surface area contributed by atoms with Gasteiger partial charge in [0.25, 0.3) is 0 Å². The third-order valence-electron chi connectivity index (χ3n) is 0.596. The summed E-state index contributed by atoms with van der Waals surface area (Å²) in [7, 11) is 0. The van der Waals surface area contributed by atoms with E-state index in [4.69, 9.17) is 5.26 Å². The Kier molecular flexibility index (Phi) is 1.81. The molecule has 0 spiro atoms. The predicted octanol–water partition coefficient (Wildman–Crippen LogP) is 1.62. The van der Waals surface area contributed by atoms with Gasteiger partial charge < -0.3 is 0 Å². The van der Waals surface area contributed by atoms with Gasteiger partial charge in [0.05, 0.1) is 2.88 Å². The molecule has 0 amide bonds. The summed E-state index contributed by atoms with van der Waals surface area (Å²) >= 11 is 3.47. The fourth-order valence-electron chi connectivity index (χ4n) is 0.306. The van der Waals surface area contributed by atoms with Crippen LogP contribution >= 0.6 is 34.1 Å². The lowest BCUT2D eigenvalue weighted by Gasteiger charge is -1.63. The quantitative estimate of drug-likeness (QED) is 0.641. The first kappa shape index (κ1) is 5.98. The van der Waals surface area contributed by atoms with Gasteiger partial charge in [-0.3, -0.25) is 0 Å². The molecule has 1 aromatic heterocycles. The van der Waals surface area contributed by atoms with E-state index >= 15 is 0 Å². The number of halogens is 1. The van der Waals surface area contributed by atoms with Gasteiger partial charge in [0.1, 0.15) is 6.07 Å². The van der Waals surface area contributed by atoms with Crippen molar-refractivity contribution < 1.29 is 0 Å². The summed E-state index contributed by atoms with van der Waals surface area (Å²) in [5.74, 6) is 0. The molecule has 2 nitrogen and oxygen atoms in total. The molecule has 0 N–H and O–H groups in total. The first-order chi connectivity index (χ1) is 3.83. The maximum absolute atomic E-state index is 8.24. The topological polar surface area (TPSA) is 36.7 Å². The molecule has 1 heterocycles. The van der Waals surface area contributed by atoms with Crippen LogP contribution in [0.5, 0.6) is 0 Å². The fourth-order valence-corrected chi connectivity index (χ4v) is 1.34. The second-order valence-corrected chi connectivity index (χ2v) is 3.83. The highest BCUT2D eigenvalue weighted by molar-refractivity contribution is 14.1. The Morgan fingerprint density at radius 3 is 2.88 bits per heavy atom. The third kappa shape index (κ3) is 1.17. The van der Waals surface area contributed by atoms with Crippen molar-refractivity contribution in [3.8, 4) is 6.07 Å². The number of hydrogen-bond donors (Lipinski definition) is 0. The summed E-state index contributed by atoms with van der Waals surface area (Å²) in [6.45, 7) is 0. The van der Waals surface area contributed by atoms with Gasteiger partial charge in [0.15, 0.2) is 5.69 Å². The second-order valence-electron chi connectivity index (χ2n) is 1.13. The molecule has 0 saturated carbocycles. The lowest BCUT2D eigenvalue weighted by molar-refractivity contribution is 1.41. The molecule has 40 valence electrons. The van der Waals surface area contributed by atoms with Gasteiger partial charge in [-0.2, -0.15) is 9.64 Å². The number of nitriles is 1. The third-order valence-corrected chi connectivity index (χ3v) is 2.08. The largest absolute Gasteiger partial charge is 0.191 e. The van der Waals surface area contributed by atoms with E-state index in [9.17, 15) is 0 Å². The van der Waals surface area contributed by atoms with Crippen molar-refractivity contribution in [1.82, 2.24) is 4.37 Å². The van der Waals surface area contributed by atoms with Crippen molar-refractivity contribution in [2.45, 2.75) is 0 Å². The average molecular weight is 236 g/mol. The summed E-state index contributed by atoms with van der Waals surface area (Å²) in [5, 5.41) is 8.24. The van der Waals surface area contributed by atoms with Crippen molar-refractivity contribution in [3.05, 3.63) is 14.6 Å². The van der Waals surface area contributed by atoms with E-state index in [0.717, 1.165) is 2.88 Å². The molecule has 0 saturated heterocycles. The minimum Gasteiger partial charge on any atom is -0.191 e. The number of hydrogen-bond acceptors (Lipinski definition) is 3. The maximum Gasteiger partial charge on any atom is 0.155 e. The smallest absolute Gasteiger partial charge is 0.155 e. The van der Waals surface area contributed by atoms with Crippen molar-refractivity contribution >= 4 is 34.1 Å². The van der Waals surface area contributed by atoms with E-state index in [2.05, 4.69) is 27.0 Å². The molecule has 1 aromatic rings. The van der Waals surface area contributed by atoms with Crippen LogP contribution in [0.25, 0.3) is 0 Å². The van der Waals surface area contributed by atoms with Gasteiger partial charge in [-0.1, -0.05) is 0 Å². The Balaban J connectivity index is 3.05. The van der Waals surface area contributed by atoms with E-state index in [1.165, 1.54) is 11.5 Å². The molecule has 0 atom stereocenters. The van der Waals surface area contributed by atoms with Gasteiger partial charge in [-0.15, -0.1) is 0 Å². The van der Waals surface area contributed by atoms with Gasteiger partial charge >= 0.3 is 0 Å². The van der Waals surface area contributed by atoms with Crippen molar-refractivity contribution in [2.24, 2.45) is 0 Å². The zero-order chi connectivity index (χ0) is 5.98. The zero-order valence-corrected chi connectivity index (χ0v) is 6.73. The number of aromatic nitrogens is 1. The Morgan fingerprint density at radius 2 is 2.62 bits per heavy atom. The van der Waals surface area contributed by atoms with E-state index < -0.39 is 0 Å². The van der Waals surface area contributed by atoms with Crippen LogP contribution in [0.2, 0.25) is 0 Å². The minimum atomic E-state index is 0.513. The standard InChI is InChI=1S/C4HIN2S/c5-4-1-3(2-6)7-8-4/h1H. The average Bonchev–Trinajstić information content (AvgIpc) is 2.14. The predicted molar refractivity (Wildman–Crippen MR) is 39.5 cm³/mol. The normalized spacial score (nSPS) is 8.50. The fraction of sp³-hybridized carbons (Fsp3) is 0. The van der Waals surface area contributed by atoms with E-state index in [1.807, 2.05) is 6.07 Å². The van der Waals surface area contributed by atoms with Gasteiger partial charge in [-0.05, 0) is 34.1 Å². The van der Waals surface area contributed by atoms with Crippen LogP contribution in [0, 0.1) is 14.2 Å².